The lowest BCUT2D eigenvalue weighted by atomic mass is 9.88. The van der Waals surface area contributed by atoms with Gasteiger partial charge in [-0.2, -0.15) is 0 Å². The van der Waals surface area contributed by atoms with Gasteiger partial charge in [0.2, 0.25) is 0 Å². The molecule has 49 heavy (non-hydrogen) atoms. The summed E-state index contributed by atoms with van der Waals surface area (Å²) in [5, 5.41) is 34.0. The Kier molecular flexibility index (Phi) is 10.3. The number of nitrogens with one attached hydrogen (secondary N) is 3. The van der Waals surface area contributed by atoms with Crippen LogP contribution in [0.15, 0.2) is 84.9 Å². The van der Waals surface area contributed by atoms with Gasteiger partial charge in [0, 0.05) is 56.1 Å². The first-order valence-electron chi connectivity index (χ1n) is 16.0. The number of hydrogen-bond donors (Lipinski definition) is 7. The lowest BCUT2D eigenvalue weighted by Crippen LogP contribution is -2.21. The SMILES string of the molecule is Nc1cccc2c1CC(O)CC2.O=C(Nc1cccc2c1CC(O)CC2)c1cc2cc(Cl)ccc2[nH]1.O=C(O)c1cc2cc(Cl)ccc2[nH]1. The lowest BCUT2D eigenvalue weighted by molar-refractivity contribution is 0.0691. The summed E-state index contributed by atoms with van der Waals surface area (Å²) in [4.78, 5) is 29.1. The molecule has 0 radical (unpaired) electrons. The first-order valence-corrected chi connectivity index (χ1v) is 16.7. The van der Waals surface area contributed by atoms with Gasteiger partial charge in [-0.25, -0.2) is 4.79 Å². The summed E-state index contributed by atoms with van der Waals surface area (Å²) in [6.45, 7) is 0. The minimum absolute atomic E-state index is 0.178. The largest absolute Gasteiger partial charge is 0.477 e. The number of H-pyrrole nitrogens is 2. The molecule has 2 aliphatic carbocycles. The Labute approximate surface area is 292 Å². The van der Waals surface area contributed by atoms with Crippen LogP contribution in [0.2, 0.25) is 10.0 Å². The number of benzene rings is 4. The second-order valence-corrected chi connectivity index (χ2v) is 13.2. The van der Waals surface area contributed by atoms with E-state index in [1.807, 2.05) is 36.4 Å². The Balaban J connectivity index is 0.000000140. The first kappa shape index (κ1) is 34.1. The van der Waals surface area contributed by atoms with E-state index < -0.39 is 5.97 Å². The molecule has 11 heteroatoms. The maximum Gasteiger partial charge on any atom is 0.352 e. The van der Waals surface area contributed by atoms with Crippen LogP contribution in [0.25, 0.3) is 21.8 Å². The van der Waals surface area contributed by atoms with E-state index in [9.17, 15) is 19.8 Å². The van der Waals surface area contributed by atoms with E-state index in [-0.39, 0.29) is 23.8 Å². The van der Waals surface area contributed by atoms with Crippen molar-refractivity contribution in [1.82, 2.24) is 9.97 Å². The third-order valence-electron chi connectivity index (χ3n) is 8.84. The quantitative estimate of drug-likeness (QED) is 0.0943. The number of fused-ring (bicyclic) bond motifs is 4. The molecule has 2 aromatic heterocycles. The van der Waals surface area contributed by atoms with E-state index in [0.717, 1.165) is 76.4 Å². The predicted octanol–water partition coefficient (Wildman–Crippen LogP) is 7.56. The minimum Gasteiger partial charge on any atom is -0.477 e. The molecule has 0 fully saturated rings. The number of aryl methyl sites for hydroxylation is 2. The molecule has 4 aromatic carbocycles. The maximum atomic E-state index is 12.6. The van der Waals surface area contributed by atoms with Gasteiger partial charge in [-0.05, 0) is 109 Å². The molecule has 6 aromatic rings. The average Bonchev–Trinajstić information content (AvgIpc) is 3.70. The van der Waals surface area contributed by atoms with Crippen molar-refractivity contribution >= 4 is 68.3 Å². The summed E-state index contributed by atoms with van der Waals surface area (Å²) < 4.78 is 0. The number of aromatic nitrogens is 2. The highest BCUT2D eigenvalue weighted by atomic mass is 35.5. The van der Waals surface area contributed by atoms with Gasteiger partial charge >= 0.3 is 5.97 Å². The number of aliphatic hydroxyl groups excluding tert-OH is 2. The summed E-state index contributed by atoms with van der Waals surface area (Å²) >= 11 is 11.7. The number of carboxylic acids is 1. The molecule has 1 amide bonds. The summed E-state index contributed by atoms with van der Waals surface area (Å²) in [7, 11) is 0. The van der Waals surface area contributed by atoms with Gasteiger partial charge in [0.15, 0.2) is 0 Å². The highest BCUT2D eigenvalue weighted by Gasteiger charge is 2.21. The van der Waals surface area contributed by atoms with Gasteiger partial charge in [-0.15, -0.1) is 0 Å². The van der Waals surface area contributed by atoms with Gasteiger partial charge in [-0.3, -0.25) is 4.79 Å². The molecule has 0 spiro atoms. The number of carbonyl (C=O) groups is 2. The Morgan fingerprint density at radius 3 is 1.86 bits per heavy atom. The zero-order valence-electron chi connectivity index (χ0n) is 26.5. The van der Waals surface area contributed by atoms with Crippen LogP contribution < -0.4 is 11.1 Å². The first-order chi connectivity index (χ1) is 23.5. The molecule has 2 unspecified atom stereocenters. The molecule has 0 saturated heterocycles. The predicted molar refractivity (Wildman–Crippen MR) is 195 cm³/mol. The summed E-state index contributed by atoms with van der Waals surface area (Å²) in [5.74, 6) is -1.16. The van der Waals surface area contributed by atoms with Crippen LogP contribution in [0.5, 0.6) is 0 Å². The van der Waals surface area contributed by atoms with Crippen LogP contribution in [0.4, 0.5) is 11.4 Å². The van der Waals surface area contributed by atoms with E-state index in [1.54, 1.807) is 36.4 Å². The van der Waals surface area contributed by atoms with E-state index in [4.69, 9.17) is 34.0 Å². The number of aromatic amines is 2. The minimum atomic E-state index is -0.965. The number of carbonyl (C=O) groups excluding carboxylic acids is 1. The molecule has 8 rings (SSSR count). The van der Waals surface area contributed by atoms with Crippen molar-refractivity contribution in [2.75, 3.05) is 11.1 Å². The number of amides is 1. The monoisotopic (exact) mass is 698 g/mol. The summed E-state index contributed by atoms with van der Waals surface area (Å²) in [6.07, 6.45) is 4.21. The Morgan fingerprint density at radius 2 is 1.24 bits per heavy atom. The van der Waals surface area contributed by atoms with Crippen molar-refractivity contribution in [3.8, 4) is 0 Å². The van der Waals surface area contributed by atoms with Crippen molar-refractivity contribution in [2.24, 2.45) is 0 Å². The Bertz CT molecular complexity index is 2160. The molecular weight excluding hydrogens is 663 g/mol. The number of nitrogen functional groups attached to an aromatic ring is 1. The van der Waals surface area contributed by atoms with Crippen LogP contribution in [-0.2, 0) is 25.7 Å². The van der Waals surface area contributed by atoms with Crippen LogP contribution in [0.1, 0.15) is 56.1 Å². The van der Waals surface area contributed by atoms with Crippen LogP contribution in [0, 0.1) is 0 Å². The van der Waals surface area contributed by atoms with E-state index >= 15 is 0 Å². The molecule has 2 atom stereocenters. The topological polar surface area (TPSA) is 164 Å². The average molecular weight is 700 g/mol. The summed E-state index contributed by atoms with van der Waals surface area (Å²) in [5.41, 5.74) is 14.4. The maximum absolute atomic E-state index is 12.6. The number of anilines is 2. The van der Waals surface area contributed by atoms with Crippen LogP contribution in [0.3, 0.4) is 0 Å². The fraction of sp³-hybridized carbons (Fsp3) is 0.211. The molecule has 0 bridgehead atoms. The molecule has 252 valence electrons. The molecule has 2 heterocycles. The number of aromatic carboxylic acids is 1. The molecule has 0 aliphatic heterocycles. The molecule has 9 nitrogen and oxygen atoms in total. The number of nitrogens with two attached hydrogens (primary N) is 1. The van der Waals surface area contributed by atoms with E-state index in [2.05, 4.69) is 27.4 Å². The van der Waals surface area contributed by atoms with Crippen molar-refractivity contribution in [3.05, 3.63) is 129 Å². The molecule has 8 N–H and O–H groups in total. The van der Waals surface area contributed by atoms with E-state index in [0.29, 0.717) is 22.2 Å². The number of aliphatic hydroxyl groups is 2. The third-order valence-corrected chi connectivity index (χ3v) is 9.31. The van der Waals surface area contributed by atoms with Gasteiger partial charge in [0.05, 0.1) is 12.2 Å². The van der Waals surface area contributed by atoms with Gasteiger partial charge in [0.1, 0.15) is 11.4 Å². The lowest BCUT2D eigenvalue weighted by Gasteiger charge is -2.23. The van der Waals surface area contributed by atoms with Gasteiger partial charge < -0.3 is 36.3 Å². The van der Waals surface area contributed by atoms with E-state index in [1.165, 1.54) is 11.1 Å². The highest BCUT2D eigenvalue weighted by molar-refractivity contribution is 6.31. The molecule has 0 saturated carbocycles. The third kappa shape index (κ3) is 8.09. The number of halogens is 2. The van der Waals surface area contributed by atoms with Crippen molar-refractivity contribution in [1.29, 1.82) is 0 Å². The van der Waals surface area contributed by atoms with Crippen LogP contribution >= 0.6 is 23.2 Å². The van der Waals surface area contributed by atoms with Crippen molar-refractivity contribution in [3.63, 3.8) is 0 Å². The van der Waals surface area contributed by atoms with Gasteiger partial charge in [0.25, 0.3) is 5.91 Å². The zero-order chi connectivity index (χ0) is 34.7. The smallest absolute Gasteiger partial charge is 0.352 e. The number of carboxylic acid groups (broad SMARTS) is 1. The van der Waals surface area contributed by atoms with Crippen molar-refractivity contribution in [2.45, 2.75) is 50.7 Å². The van der Waals surface area contributed by atoms with Crippen molar-refractivity contribution < 1.29 is 24.9 Å². The zero-order valence-corrected chi connectivity index (χ0v) is 28.0. The second-order valence-electron chi connectivity index (χ2n) is 12.3. The second kappa shape index (κ2) is 14.8. The Morgan fingerprint density at radius 1 is 0.714 bits per heavy atom. The normalized spacial score (nSPS) is 16.4. The van der Waals surface area contributed by atoms with Gasteiger partial charge in [-0.1, -0.05) is 47.5 Å². The number of rotatable bonds is 3. The summed E-state index contributed by atoms with van der Waals surface area (Å²) in [6, 6.07) is 25.9. The standard InChI is InChI=1S/C19H17ClN2O2.C10H13NO.C9H6ClNO2/c20-13-5-7-16-12(8-13)9-18(21-16)19(24)22-17-3-1-2-11-4-6-14(23)10-15(11)17;11-10-3-1-2-7-4-5-8(12)6-9(7)10;10-6-1-2-7-5(3-6)4-8(11-7)9(12)13/h1-3,5,7-9,14,21,23H,4,6,10H2,(H,22,24);1-3,8,12H,4-6,11H2;1-4,11H,(H,12,13). The Hall–Kier alpha value is -4.80. The number of hydrogen-bond acceptors (Lipinski definition) is 5. The molecular formula is C38H36Cl2N4O5. The van der Waals surface area contributed by atoms with Crippen LogP contribution in [-0.4, -0.2) is 49.4 Å². The molecule has 2 aliphatic rings. The highest BCUT2D eigenvalue weighted by Crippen LogP contribution is 2.29. The fourth-order valence-electron chi connectivity index (χ4n) is 6.32. The fourth-order valence-corrected chi connectivity index (χ4v) is 6.68.